The van der Waals surface area contributed by atoms with Crippen LogP contribution in [0.5, 0.6) is 5.75 Å². The molecule has 0 bridgehead atoms. The molecule has 0 radical (unpaired) electrons. The number of amides is 1. The van der Waals surface area contributed by atoms with Crippen LogP contribution in [0.1, 0.15) is 39.9 Å². The summed E-state index contributed by atoms with van der Waals surface area (Å²) in [5, 5.41) is 2.85. The highest BCUT2D eigenvalue weighted by molar-refractivity contribution is 7.09. The fraction of sp³-hybridized carbons (Fsp3) is 0.304. The average Bonchev–Trinajstić information content (AvgIpc) is 3.34. The molecule has 1 atom stereocenters. The van der Waals surface area contributed by atoms with Crippen LogP contribution in [0.25, 0.3) is 0 Å². The summed E-state index contributed by atoms with van der Waals surface area (Å²) >= 11 is 1.54. The van der Waals surface area contributed by atoms with Crippen molar-refractivity contribution in [1.29, 1.82) is 0 Å². The topological polar surface area (TPSA) is 42.4 Å². The molecule has 1 unspecified atom stereocenters. The van der Waals surface area contributed by atoms with Crippen LogP contribution < -0.4 is 4.74 Å². The van der Waals surface area contributed by atoms with Gasteiger partial charge < -0.3 is 9.64 Å². The van der Waals surface area contributed by atoms with Crippen molar-refractivity contribution in [1.82, 2.24) is 9.88 Å². The minimum Gasteiger partial charge on any atom is -0.486 e. The zero-order valence-corrected chi connectivity index (χ0v) is 17.0. The average molecular weight is 393 g/mol. The molecule has 1 aliphatic rings. The number of hydrogen-bond donors (Lipinski definition) is 0. The fourth-order valence-corrected chi connectivity index (χ4v) is 4.37. The SMILES string of the molecule is Cc1ccc(OCc2nc(CC(=O)N(C)C3CCc4ccccc43)cs2)cc1. The molecule has 3 aromatic rings. The number of fused-ring (bicyclic) bond motifs is 1. The second-order valence-corrected chi connectivity index (χ2v) is 8.21. The van der Waals surface area contributed by atoms with Crippen LogP contribution in [0.2, 0.25) is 0 Å². The van der Waals surface area contributed by atoms with E-state index < -0.39 is 0 Å². The maximum absolute atomic E-state index is 12.8. The maximum atomic E-state index is 12.8. The Kier molecular flexibility index (Phi) is 5.44. The number of aromatic nitrogens is 1. The molecule has 4 nitrogen and oxygen atoms in total. The minimum absolute atomic E-state index is 0.109. The summed E-state index contributed by atoms with van der Waals surface area (Å²) in [5.41, 5.74) is 4.66. The zero-order chi connectivity index (χ0) is 19.5. The van der Waals surface area contributed by atoms with Gasteiger partial charge in [0.25, 0.3) is 0 Å². The summed E-state index contributed by atoms with van der Waals surface area (Å²) in [4.78, 5) is 19.3. The van der Waals surface area contributed by atoms with Gasteiger partial charge in [-0.2, -0.15) is 0 Å². The van der Waals surface area contributed by atoms with E-state index in [1.54, 1.807) is 0 Å². The van der Waals surface area contributed by atoms with Gasteiger partial charge in [0.05, 0.1) is 18.2 Å². The van der Waals surface area contributed by atoms with E-state index in [0.29, 0.717) is 13.0 Å². The van der Waals surface area contributed by atoms with Gasteiger partial charge in [-0.15, -0.1) is 11.3 Å². The lowest BCUT2D eigenvalue weighted by atomic mass is 10.1. The number of aryl methyl sites for hydroxylation is 2. The molecule has 5 heteroatoms. The molecule has 0 saturated heterocycles. The van der Waals surface area contributed by atoms with E-state index >= 15 is 0 Å². The lowest BCUT2D eigenvalue weighted by molar-refractivity contribution is -0.131. The summed E-state index contributed by atoms with van der Waals surface area (Å²) < 4.78 is 5.79. The highest BCUT2D eigenvalue weighted by atomic mass is 32.1. The molecule has 2 aromatic carbocycles. The summed E-state index contributed by atoms with van der Waals surface area (Å²) in [6.45, 7) is 2.48. The molecule has 1 amide bonds. The van der Waals surface area contributed by atoms with E-state index in [1.165, 1.54) is 28.0 Å². The Morgan fingerprint density at radius 1 is 1.21 bits per heavy atom. The van der Waals surface area contributed by atoms with Gasteiger partial charge in [0.15, 0.2) is 0 Å². The summed E-state index contributed by atoms with van der Waals surface area (Å²) in [5.74, 6) is 0.941. The van der Waals surface area contributed by atoms with E-state index in [0.717, 1.165) is 29.3 Å². The van der Waals surface area contributed by atoms with Gasteiger partial charge in [0, 0.05) is 12.4 Å². The standard InChI is InChI=1S/C23H24N2O2S/c1-16-7-10-19(11-8-16)27-14-22-24-18(15-28-22)13-23(26)25(2)21-12-9-17-5-3-4-6-20(17)21/h3-8,10-11,15,21H,9,12-14H2,1-2H3. The van der Waals surface area contributed by atoms with Gasteiger partial charge in [0.1, 0.15) is 17.4 Å². The van der Waals surface area contributed by atoms with Crippen molar-refractivity contribution in [3.05, 3.63) is 81.3 Å². The Balaban J connectivity index is 1.34. The minimum atomic E-state index is 0.109. The summed E-state index contributed by atoms with van der Waals surface area (Å²) in [6, 6.07) is 16.6. The predicted molar refractivity (Wildman–Crippen MR) is 112 cm³/mol. The number of rotatable bonds is 6. The fourth-order valence-electron chi connectivity index (χ4n) is 3.67. The van der Waals surface area contributed by atoms with E-state index in [2.05, 4.69) is 36.2 Å². The molecule has 0 spiro atoms. The molecule has 0 aliphatic heterocycles. The monoisotopic (exact) mass is 392 g/mol. The van der Waals surface area contributed by atoms with Crippen molar-refractivity contribution in [3.63, 3.8) is 0 Å². The van der Waals surface area contributed by atoms with Crippen LogP contribution in [-0.2, 0) is 24.2 Å². The normalized spacial score (nSPS) is 15.3. The number of carbonyl (C=O) groups excluding carboxylic acids is 1. The number of likely N-dealkylation sites (N-methyl/N-ethyl adjacent to an activating group) is 1. The largest absolute Gasteiger partial charge is 0.486 e. The predicted octanol–water partition coefficient (Wildman–Crippen LogP) is 4.72. The van der Waals surface area contributed by atoms with Gasteiger partial charge in [0.2, 0.25) is 5.91 Å². The smallest absolute Gasteiger partial charge is 0.228 e. The molecule has 0 saturated carbocycles. The number of carbonyl (C=O) groups is 1. The first-order chi connectivity index (χ1) is 13.6. The molecule has 1 aliphatic carbocycles. The summed E-state index contributed by atoms with van der Waals surface area (Å²) in [7, 11) is 1.91. The van der Waals surface area contributed by atoms with Crippen molar-refractivity contribution in [3.8, 4) is 5.75 Å². The van der Waals surface area contributed by atoms with Crippen molar-refractivity contribution < 1.29 is 9.53 Å². The van der Waals surface area contributed by atoms with Gasteiger partial charge in [-0.1, -0.05) is 42.0 Å². The Labute approximate surface area is 169 Å². The Morgan fingerprint density at radius 3 is 2.82 bits per heavy atom. The molecule has 4 rings (SSSR count). The highest BCUT2D eigenvalue weighted by Gasteiger charge is 2.28. The second-order valence-electron chi connectivity index (χ2n) is 7.27. The van der Waals surface area contributed by atoms with Gasteiger partial charge in [-0.05, 0) is 43.0 Å². The third kappa shape index (κ3) is 4.09. The maximum Gasteiger partial charge on any atom is 0.228 e. The van der Waals surface area contributed by atoms with E-state index in [-0.39, 0.29) is 11.9 Å². The first kappa shape index (κ1) is 18.7. The van der Waals surface area contributed by atoms with Gasteiger partial charge in [-0.25, -0.2) is 4.98 Å². The van der Waals surface area contributed by atoms with E-state index in [4.69, 9.17) is 4.74 Å². The molecule has 0 fully saturated rings. The van der Waals surface area contributed by atoms with Crippen molar-refractivity contribution in [2.75, 3.05) is 7.05 Å². The molecular weight excluding hydrogens is 368 g/mol. The van der Waals surface area contributed by atoms with Crippen LogP contribution >= 0.6 is 11.3 Å². The number of ether oxygens (including phenoxy) is 1. The number of nitrogens with zero attached hydrogens (tertiary/aromatic N) is 2. The van der Waals surface area contributed by atoms with Crippen molar-refractivity contribution in [2.45, 2.75) is 38.8 Å². The van der Waals surface area contributed by atoms with Crippen LogP contribution in [-0.4, -0.2) is 22.8 Å². The first-order valence-electron chi connectivity index (χ1n) is 9.56. The lowest BCUT2D eigenvalue weighted by Gasteiger charge is -2.25. The van der Waals surface area contributed by atoms with Crippen LogP contribution in [0, 0.1) is 6.92 Å². The van der Waals surface area contributed by atoms with Gasteiger partial charge >= 0.3 is 0 Å². The Hall–Kier alpha value is -2.66. The molecule has 1 heterocycles. The zero-order valence-electron chi connectivity index (χ0n) is 16.2. The number of thiazole rings is 1. The molecular formula is C23H24N2O2S. The number of benzene rings is 2. The third-order valence-electron chi connectivity index (χ3n) is 5.28. The van der Waals surface area contributed by atoms with Crippen LogP contribution in [0.4, 0.5) is 0 Å². The third-order valence-corrected chi connectivity index (χ3v) is 6.15. The van der Waals surface area contributed by atoms with E-state index in [1.807, 2.05) is 41.6 Å². The van der Waals surface area contributed by atoms with E-state index in [9.17, 15) is 4.79 Å². The lowest BCUT2D eigenvalue weighted by Crippen LogP contribution is -2.31. The molecule has 1 aromatic heterocycles. The quantitative estimate of drug-likeness (QED) is 0.610. The Bertz CT molecular complexity index is 965. The highest BCUT2D eigenvalue weighted by Crippen LogP contribution is 2.35. The summed E-state index contributed by atoms with van der Waals surface area (Å²) in [6.07, 6.45) is 2.36. The molecule has 0 N–H and O–H groups in total. The van der Waals surface area contributed by atoms with Gasteiger partial charge in [-0.3, -0.25) is 4.79 Å². The number of hydrogen-bond acceptors (Lipinski definition) is 4. The second kappa shape index (κ2) is 8.15. The Morgan fingerprint density at radius 2 is 2.00 bits per heavy atom. The van der Waals surface area contributed by atoms with Crippen LogP contribution in [0.15, 0.2) is 53.9 Å². The van der Waals surface area contributed by atoms with Crippen molar-refractivity contribution >= 4 is 17.2 Å². The first-order valence-corrected chi connectivity index (χ1v) is 10.4. The molecule has 28 heavy (non-hydrogen) atoms. The molecule has 144 valence electrons. The van der Waals surface area contributed by atoms with Crippen LogP contribution in [0.3, 0.4) is 0 Å². The van der Waals surface area contributed by atoms with Crippen molar-refractivity contribution in [2.24, 2.45) is 0 Å².